The van der Waals surface area contributed by atoms with Crippen molar-refractivity contribution in [3.8, 4) is 0 Å². The van der Waals surface area contributed by atoms with Gasteiger partial charge in [0.05, 0.1) is 6.04 Å². The van der Waals surface area contributed by atoms with Crippen molar-refractivity contribution < 1.29 is 0 Å². The lowest BCUT2D eigenvalue weighted by molar-refractivity contribution is 0.370. The zero-order valence-electron chi connectivity index (χ0n) is 13.8. The summed E-state index contributed by atoms with van der Waals surface area (Å²) in [4.78, 5) is 2.46. The average Bonchev–Trinajstić information content (AvgIpc) is 2.64. The molecule has 2 heterocycles. The molecule has 0 radical (unpaired) electrons. The van der Waals surface area contributed by atoms with Gasteiger partial charge in [-0.25, -0.2) is 0 Å². The fourth-order valence-corrected chi connectivity index (χ4v) is 4.20. The minimum absolute atomic E-state index is 0.101. The van der Waals surface area contributed by atoms with E-state index in [-0.39, 0.29) is 5.41 Å². The topological polar surface area (TPSA) is 47.1 Å². The molecule has 2 aliphatic rings. The Balaban J connectivity index is 2.07. The third kappa shape index (κ3) is 2.17. The first-order valence-electron chi connectivity index (χ1n) is 7.77. The van der Waals surface area contributed by atoms with Crippen molar-refractivity contribution in [2.75, 3.05) is 17.2 Å². The maximum absolute atomic E-state index is 6.19. The Labute approximate surface area is 127 Å². The standard InChI is InChI=1S/C17H26N4/c1-11-9-12(2)14(17(3,4)10-11)21-8-6-7-13-15(18)20(5)19-16(13)21/h9-10,14H,6-8,18H2,1-5H3. The van der Waals surface area contributed by atoms with Crippen LogP contribution in [0.25, 0.3) is 0 Å². The van der Waals surface area contributed by atoms with Crippen molar-refractivity contribution in [3.05, 3.63) is 28.9 Å². The Morgan fingerprint density at radius 3 is 2.71 bits per heavy atom. The van der Waals surface area contributed by atoms with Crippen molar-refractivity contribution in [2.45, 2.75) is 46.6 Å². The third-order valence-electron chi connectivity index (χ3n) is 4.77. The summed E-state index contributed by atoms with van der Waals surface area (Å²) in [7, 11) is 1.94. The quantitative estimate of drug-likeness (QED) is 0.863. The van der Waals surface area contributed by atoms with Gasteiger partial charge < -0.3 is 10.6 Å². The summed E-state index contributed by atoms with van der Waals surface area (Å²) >= 11 is 0. The lowest BCUT2D eigenvalue weighted by Crippen LogP contribution is -2.49. The number of hydrogen-bond acceptors (Lipinski definition) is 3. The van der Waals surface area contributed by atoms with Crippen LogP contribution < -0.4 is 10.6 Å². The van der Waals surface area contributed by atoms with Gasteiger partial charge in [-0.15, -0.1) is 0 Å². The fourth-order valence-electron chi connectivity index (χ4n) is 4.20. The number of nitrogen functional groups attached to an aromatic ring is 1. The van der Waals surface area contributed by atoms with E-state index in [2.05, 4.69) is 44.7 Å². The molecule has 1 unspecified atom stereocenters. The van der Waals surface area contributed by atoms with Crippen molar-refractivity contribution in [2.24, 2.45) is 12.5 Å². The Morgan fingerprint density at radius 1 is 1.33 bits per heavy atom. The highest BCUT2D eigenvalue weighted by atomic mass is 15.4. The second kappa shape index (κ2) is 4.65. The van der Waals surface area contributed by atoms with Crippen molar-refractivity contribution in [3.63, 3.8) is 0 Å². The molecule has 3 rings (SSSR count). The van der Waals surface area contributed by atoms with Crippen LogP contribution >= 0.6 is 0 Å². The monoisotopic (exact) mass is 286 g/mol. The van der Waals surface area contributed by atoms with Crippen LogP contribution in [0.15, 0.2) is 23.3 Å². The molecule has 1 aromatic heterocycles. The highest BCUT2D eigenvalue weighted by Crippen LogP contribution is 2.42. The smallest absolute Gasteiger partial charge is 0.156 e. The molecule has 1 aromatic rings. The number of rotatable bonds is 1. The number of hydrogen-bond donors (Lipinski definition) is 1. The van der Waals surface area contributed by atoms with E-state index in [1.807, 2.05) is 11.7 Å². The zero-order chi connectivity index (χ0) is 15.4. The second-order valence-corrected chi connectivity index (χ2v) is 7.11. The summed E-state index contributed by atoms with van der Waals surface area (Å²) in [5, 5.41) is 4.70. The summed E-state index contributed by atoms with van der Waals surface area (Å²) in [5.41, 5.74) is 10.3. The first kappa shape index (κ1) is 14.2. The number of anilines is 2. The van der Waals surface area contributed by atoms with E-state index in [4.69, 9.17) is 10.8 Å². The first-order valence-corrected chi connectivity index (χ1v) is 7.77. The van der Waals surface area contributed by atoms with Crippen LogP contribution in [0.3, 0.4) is 0 Å². The molecule has 1 aliphatic heterocycles. The molecule has 4 nitrogen and oxygen atoms in total. The molecule has 4 heteroatoms. The molecular weight excluding hydrogens is 260 g/mol. The van der Waals surface area contributed by atoms with Crippen LogP contribution in [0, 0.1) is 5.41 Å². The van der Waals surface area contributed by atoms with Gasteiger partial charge in [0, 0.05) is 24.6 Å². The summed E-state index contributed by atoms with van der Waals surface area (Å²) < 4.78 is 1.82. The van der Waals surface area contributed by atoms with E-state index >= 15 is 0 Å². The third-order valence-corrected chi connectivity index (χ3v) is 4.77. The van der Waals surface area contributed by atoms with Gasteiger partial charge in [0.2, 0.25) is 0 Å². The normalized spacial score (nSPS) is 24.4. The molecule has 0 saturated carbocycles. The molecule has 2 N–H and O–H groups in total. The Bertz CT molecular complexity index is 633. The number of nitrogens with two attached hydrogens (primary N) is 1. The van der Waals surface area contributed by atoms with Gasteiger partial charge in [0.1, 0.15) is 5.82 Å². The molecule has 0 spiro atoms. The highest BCUT2D eigenvalue weighted by molar-refractivity contribution is 5.62. The van der Waals surface area contributed by atoms with Crippen LogP contribution in [0.2, 0.25) is 0 Å². The van der Waals surface area contributed by atoms with Gasteiger partial charge in [-0.1, -0.05) is 31.6 Å². The van der Waals surface area contributed by atoms with Gasteiger partial charge in [-0.2, -0.15) is 5.10 Å². The van der Waals surface area contributed by atoms with Crippen molar-refractivity contribution >= 4 is 11.6 Å². The number of aryl methyl sites for hydroxylation is 1. The lowest BCUT2D eigenvalue weighted by Gasteiger charge is -2.45. The molecule has 0 bridgehead atoms. The summed E-state index contributed by atoms with van der Waals surface area (Å²) in [6.45, 7) is 10.1. The summed E-state index contributed by atoms with van der Waals surface area (Å²) in [6, 6.07) is 0.356. The van der Waals surface area contributed by atoms with Crippen LogP contribution in [-0.4, -0.2) is 22.4 Å². The summed E-state index contributed by atoms with van der Waals surface area (Å²) in [5.74, 6) is 1.90. The van der Waals surface area contributed by atoms with Crippen LogP contribution in [0.4, 0.5) is 11.6 Å². The second-order valence-electron chi connectivity index (χ2n) is 7.11. The van der Waals surface area contributed by atoms with E-state index in [1.165, 1.54) is 16.7 Å². The molecule has 114 valence electrons. The van der Waals surface area contributed by atoms with E-state index in [0.29, 0.717) is 6.04 Å². The Morgan fingerprint density at radius 2 is 2.05 bits per heavy atom. The Hall–Kier alpha value is -1.71. The number of nitrogens with zero attached hydrogens (tertiary/aromatic N) is 3. The molecular formula is C17H26N4. The summed E-state index contributed by atoms with van der Waals surface area (Å²) in [6.07, 6.45) is 6.86. The van der Waals surface area contributed by atoms with Gasteiger partial charge in [-0.05, 0) is 32.3 Å². The van der Waals surface area contributed by atoms with Gasteiger partial charge >= 0.3 is 0 Å². The maximum atomic E-state index is 6.19. The van der Waals surface area contributed by atoms with Gasteiger partial charge in [0.15, 0.2) is 5.82 Å². The SMILES string of the molecule is CC1=CC(C)(C)C(N2CCCc3c2nn(C)c3N)C(C)=C1. The molecule has 0 aromatic carbocycles. The van der Waals surface area contributed by atoms with E-state index in [1.54, 1.807) is 0 Å². The van der Waals surface area contributed by atoms with Crippen LogP contribution in [0.5, 0.6) is 0 Å². The Kier molecular flexibility index (Phi) is 3.15. The first-order chi connectivity index (χ1) is 9.81. The van der Waals surface area contributed by atoms with Gasteiger partial charge in [0.25, 0.3) is 0 Å². The van der Waals surface area contributed by atoms with E-state index < -0.39 is 0 Å². The molecule has 1 atom stereocenters. The van der Waals surface area contributed by atoms with Crippen LogP contribution in [-0.2, 0) is 13.5 Å². The number of fused-ring (bicyclic) bond motifs is 1. The highest BCUT2D eigenvalue weighted by Gasteiger charge is 2.39. The predicted octanol–water partition coefficient (Wildman–Crippen LogP) is 3.06. The van der Waals surface area contributed by atoms with E-state index in [0.717, 1.165) is 31.0 Å². The molecule has 0 saturated heterocycles. The molecule has 0 fully saturated rings. The van der Waals surface area contributed by atoms with Crippen molar-refractivity contribution in [1.29, 1.82) is 0 Å². The maximum Gasteiger partial charge on any atom is 0.156 e. The van der Waals surface area contributed by atoms with Crippen LogP contribution in [0.1, 0.15) is 39.7 Å². The number of aromatic nitrogens is 2. The zero-order valence-corrected chi connectivity index (χ0v) is 13.8. The molecule has 0 amide bonds. The van der Waals surface area contributed by atoms with E-state index in [9.17, 15) is 0 Å². The minimum Gasteiger partial charge on any atom is -0.384 e. The average molecular weight is 286 g/mol. The largest absolute Gasteiger partial charge is 0.384 e. The lowest BCUT2D eigenvalue weighted by atomic mass is 9.74. The molecule has 21 heavy (non-hydrogen) atoms. The predicted molar refractivity (Wildman–Crippen MR) is 88.4 cm³/mol. The number of allylic oxidation sites excluding steroid dienone is 2. The minimum atomic E-state index is 0.101. The van der Waals surface area contributed by atoms with Gasteiger partial charge in [-0.3, -0.25) is 4.68 Å². The fraction of sp³-hybridized carbons (Fsp3) is 0.588. The molecule has 1 aliphatic carbocycles. The van der Waals surface area contributed by atoms with Crippen molar-refractivity contribution in [1.82, 2.24) is 9.78 Å².